The standard InChI is InChI=1S/C17H18N2O2S/c1-21-16(20)14-8-5-9-15(12-14)19-17(22)18-11-10-13-6-3-2-4-7-13/h2-9,12H,10-11H2,1H3,(H2,18,19,22). The SMILES string of the molecule is COC(=O)c1cccc(NC(=S)NCCc2ccccc2)c1. The van der Waals surface area contributed by atoms with E-state index in [-0.39, 0.29) is 5.97 Å². The molecular formula is C17H18N2O2S. The Kier molecular flexibility index (Phi) is 5.91. The third-order valence-electron chi connectivity index (χ3n) is 3.08. The molecule has 0 spiro atoms. The minimum Gasteiger partial charge on any atom is -0.465 e. The van der Waals surface area contributed by atoms with Gasteiger partial charge < -0.3 is 15.4 Å². The number of carbonyl (C=O) groups is 1. The fraction of sp³-hybridized carbons (Fsp3) is 0.176. The van der Waals surface area contributed by atoms with Crippen LogP contribution in [-0.2, 0) is 11.2 Å². The Morgan fingerprint density at radius 3 is 2.64 bits per heavy atom. The van der Waals surface area contributed by atoms with E-state index in [4.69, 9.17) is 17.0 Å². The molecule has 22 heavy (non-hydrogen) atoms. The van der Waals surface area contributed by atoms with Crippen LogP contribution in [0.2, 0.25) is 0 Å². The summed E-state index contributed by atoms with van der Waals surface area (Å²) in [6, 6.07) is 17.2. The van der Waals surface area contributed by atoms with E-state index in [0.717, 1.165) is 18.7 Å². The molecule has 0 atom stereocenters. The van der Waals surface area contributed by atoms with Crippen LogP contribution in [0.15, 0.2) is 54.6 Å². The zero-order chi connectivity index (χ0) is 15.8. The van der Waals surface area contributed by atoms with E-state index in [1.165, 1.54) is 12.7 Å². The van der Waals surface area contributed by atoms with Crippen LogP contribution in [0.4, 0.5) is 5.69 Å². The number of anilines is 1. The van der Waals surface area contributed by atoms with Crippen molar-refractivity contribution in [1.82, 2.24) is 5.32 Å². The predicted molar refractivity (Wildman–Crippen MR) is 92.2 cm³/mol. The summed E-state index contributed by atoms with van der Waals surface area (Å²) in [6.07, 6.45) is 0.894. The van der Waals surface area contributed by atoms with Crippen molar-refractivity contribution in [3.63, 3.8) is 0 Å². The molecule has 0 saturated heterocycles. The molecule has 0 amide bonds. The van der Waals surface area contributed by atoms with Crippen molar-refractivity contribution in [2.75, 3.05) is 19.0 Å². The van der Waals surface area contributed by atoms with E-state index >= 15 is 0 Å². The molecule has 0 saturated carbocycles. The Bertz CT molecular complexity index is 644. The third-order valence-corrected chi connectivity index (χ3v) is 3.33. The number of benzene rings is 2. The summed E-state index contributed by atoms with van der Waals surface area (Å²) >= 11 is 5.25. The maximum Gasteiger partial charge on any atom is 0.337 e. The summed E-state index contributed by atoms with van der Waals surface area (Å²) in [5.41, 5.74) is 2.49. The van der Waals surface area contributed by atoms with Gasteiger partial charge in [0, 0.05) is 12.2 Å². The number of hydrogen-bond donors (Lipinski definition) is 2. The van der Waals surface area contributed by atoms with Crippen molar-refractivity contribution < 1.29 is 9.53 Å². The van der Waals surface area contributed by atoms with Gasteiger partial charge in [0.25, 0.3) is 0 Å². The topological polar surface area (TPSA) is 50.4 Å². The molecule has 0 aromatic heterocycles. The second kappa shape index (κ2) is 8.14. The summed E-state index contributed by atoms with van der Waals surface area (Å²) in [5.74, 6) is -0.369. The van der Waals surface area contributed by atoms with Crippen molar-refractivity contribution in [3.8, 4) is 0 Å². The highest BCUT2D eigenvalue weighted by Gasteiger charge is 2.06. The van der Waals surface area contributed by atoms with Crippen LogP contribution < -0.4 is 10.6 Å². The largest absolute Gasteiger partial charge is 0.465 e. The molecule has 2 aromatic rings. The summed E-state index contributed by atoms with van der Waals surface area (Å²) in [4.78, 5) is 11.5. The number of nitrogens with one attached hydrogen (secondary N) is 2. The normalized spacial score (nSPS) is 9.86. The maximum absolute atomic E-state index is 11.5. The van der Waals surface area contributed by atoms with Gasteiger partial charge in [-0.15, -0.1) is 0 Å². The molecule has 2 N–H and O–H groups in total. The molecule has 5 heteroatoms. The zero-order valence-corrected chi connectivity index (χ0v) is 13.2. The fourth-order valence-electron chi connectivity index (χ4n) is 1.98. The Labute approximate surface area is 135 Å². The average molecular weight is 314 g/mol. The highest BCUT2D eigenvalue weighted by atomic mass is 32.1. The molecule has 2 rings (SSSR count). The van der Waals surface area contributed by atoms with E-state index in [9.17, 15) is 4.79 Å². The lowest BCUT2D eigenvalue weighted by molar-refractivity contribution is 0.0601. The highest BCUT2D eigenvalue weighted by Crippen LogP contribution is 2.11. The van der Waals surface area contributed by atoms with Gasteiger partial charge >= 0.3 is 5.97 Å². The molecule has 0 unspecified atom stereocenters. The van der Waals surface area contributed by atoms with Crippen molar-refractivity contribution >= 4 is 29.0 Å². The molecule has 2 aromatic carbocycles. The van der Waals surface area contributed by atoms with Gasteiger partial charge in [-0.2, -0.15) is 0 Å². The number of ether oxygens (including phenoxy) is 1. The number of hydrogen-bond acceptors (Lipinski definition) is 3. The van der Waals surface area contributed by atoms with Gasteiger partial charge in [0.1, 0.15) is 0 Å². The monoisotopic (exact) mass is 314 g/mol. The van der Waals surface area contributed by atoms with Crippen LogP contribution in [0.3, 0.4) is 0 Å². The molecule has 0 aliphatic rings. The molecular weight excluding hydrogens is 296 g/mol. The molecule has 0 radical (unpaired) electrons. The Hall–Kier alpha value is -2.40. The molecule has 0 aliphatic heterocycles. The zero-order valence-electron chi connectivity index (χ0n) is 12.3. The van der Waals surface area contributed by atoms with E-state index in [2.05, 4.69) is 22.8 Å². The summed E-state index contributed by atoms with van der Waals surface area (Å²) in [6.45, 7) is 0.743. The van der Waals surface area contributed by atoms with E-state index in [0.29, 0.717) is 10.7 Å². The first-order chi connectivity index (χ1) is 10.7. The average Bonchev–Trinajstić information content (AvgIpc) is 2.55. The van der Waals surface area contributed by atoms with Crippen molar-refractivity contribution in [3.05, 3.63) is 65.7 Å². The number of methoxy groups -OCH3 is 1. The van der Waals surface area contributed by atoms with Crippen molar-refractivity contribution in [1.29, 1.82) is 0 Å². The van der Waals surface area contributed by atoms with E-state index < -0.39 is 0 Å². The lowest BCUT2D eigenvalue weighted by Gasteiger charge is -2.11. The van der Waals surface area contributed by atoms with Crippen LogP contribution in [0.5, 0.6) is 0 Å². The first-order valence-electron chi connectivity index (χ1n) is 6.96. The number of esters is 1. The molecule has 0 fully saturated rings. The summed E-state index contributed by atoms with van der Waals surface area (Å²) in [5, 5.41) is 6.73. The van der Waals surface area contributed by atoms with Gasteiger partial charge in [-0.05, 0) is 42.4 Å². The van der Waals surface area contributed by atoms with Gasteiger partial charge in [0.05, 0.1) is 12.7 Å². The first kappa shape index (κ1) is 16.0. The highest BCUT2D eigenvalue weighted by molar-refractivity contribution is 7.80. The molecule has 114 valence electrons. The predicted octanol–water partition coefficient (Wildman–Crippen LogP) is 3.00. The van der Waals surface area contributed by atoms with Crippen molar-refractivity contribution in [2.24, 2.45) is 0 Å². The minimum atomic E-state index is -0.369. The number of thiocarbonyl (C=S) groups is 1. The molecule has 0 heterocycles. The van der Waals surface area contributed by atoms with Gasteiger partial charge in [-0.25, -0.2) is 4.79 Å². The van der Waals surface area contributed by atoms with Crippen LogP contribution in [0.25, 0.3) is 0 Å². The van der Waals surface area contributed by atoms with E-state index in [1.54, 1.807) is 18.2 Å². The van der Waals surface area contributed by atoms with Crippen LogP contribution >= 0.6 is 12.2 Å². The molecule has 4 nitrogen and oxygen atoms in total. The second-order valence-electron chi connectivity index (χ2n) is 4.69. The molecule has 0 aliphatic carbocycles. The van der Waals surface area contributed by atoms with Crippen LogP contribution in [0, 0.1) is 0 Å². The fourth-order valence-corrected chi connectivity index (χ4v) is 2.20. The maximum atomic E-state index is 11.5. The van der Waals surface area contributed by atoms with Gasteiger partial charge in [0.15, 0.2) is 5.11 Å². The summed E-state index contributed by atoms with van der Waals surface area (Å²) < 4.78 is 4.69. The van der Waals surface area contributed by atoms with Crippen LogP contribution in [0.1, 0.15) is 15.9 Å². The van der Waals surface area contributed by atoms with E-state index in [1.807, 2.05) is 24.3 Å². The summed E-state index contributed by atoms with van der Waals surface area (Å²) in [7, 11) is 1.36. The smallest absolute Gasteiger partial charge is 0.337 e. The number of carbonyl (C=O) groups excluding carboxylic acids is 1. The third kappa shape index (κ3) is 4.86. The van der Waals surface area contributed by atoms with Gasteiger partial charge in [-0.3, -0.25) is 0 Å². The van der Waals surface area contributed by atoms with Crippen LogP contribution in [-0.4, -0.2) is 24.7 Å². The Morgan fingerprint density at radius 1 is 1.14 bits per heavy atom. The van der Waals surface area contributed by atoms with Gasteiger partial charge in [0.2, 0.25) is 0 Å². The first-order valence-corrected chi connectivity index (χ1v) is 7.37. The Morgan fingerprint density at radius 2 is 1.91 bits per heavy atom. The molecule has 0 bridgehead atoms. The second-order valence-corrected chi connectivity index (χ2v) is 5.10. The van der Waals surface area contributed by atoms with Gasteiger partial charge in [-0.1, -0.05) is 36.4 Å². The lowest BCUT2D eigenvalue weighted by Crippen LogP contribution is -2.30. The lowest BCUT2D eigenvalue weighted by atomic mass is 10.1. The number of rotatable bonds is 5. The minimum absolute atomic E-state index is 0.369. The van der Waals surface area contributed by atoms with Crippen molar-refractivity contribution in [2.45, 2.75) is 6.42 Å². The quantitative estimate of drug-likeness (QED) is 0.656. The Balaban J connectivity index is 1.83.